The summed E-state index contributed by atoms with van der Waals surface area (Å²) >= 11 is 0. The summed E-state index contributed by atoms with van der Waals surface area (Å²) in [5, 5.41) is 7.60. The van der Waals surface area contributed by atoms with E-state index in [1.807, 2.05) is 0 Å². The van der Waals surface area contributed by atoms with Gasteiger partial charge in [0.25, 0.3) is 0 Å². The zero-order valence-electron chi connectivity index (χ0n) is 11.3. The Hall–Kier alpha value is 0.137. The van der Waals surface area contributed by atoms with Crippen molar-refractivity contribution >= 4 is 9.52 Å². The van der Waals surface area contributed by atoms with Crippen LogP contribution in [0.5, 0.6) is 0 Å². The van der Waals surface area contributed by atoms with E-state index in [1.165, 1.54) is 18.9 Å². The first-order valence-corrected chi connectivity index (χ1v) is 8.17. The minimum atomic E-state index is 0.123. The van der Waals surface area contributed by atoms with Gasteiger partial charge in [0.1, 0.15) is 0 Å². The Kier molecular flexibility index (Phi) is 8.38. The van der Waals surface area contributed by atoms with Crippen LogP contribution in [0, 0.1) is 0 Å². The molecule has 15 heavy (non-hydrogen) atoms. The van der Waals surface area contributed by atoms with Gasteiger partial charge >= 0.3 is 0 Å². The molecule has 3 heteroatoms. The van der Waals surface area contributed by atoms with E-state index in [1.54, 1.807) is 0 Å². The van der Waals surface area contributed by atoms with Crippen molar-refractivity contribution in [2.24, 2.45) is 0 Å². The first-order chi connectivity index (χ1) is 6.99. The molecule has 0 rings (SSSR count). The molecule has 0 aliphatic rings. The van der Waals surface area contributed by atoms with Crippen molar-refractivity contribution in [2.45, 2.75) is 64.7 Å². The van der Waals surface area contributed by atoms with Gasteiger partial charge in [0.2, 0.25) is 0 Å². The Morgan fingerprint density at radius 3 is 2.00 bits per heavy atom. The molecule has 0 saturated heterocycles. The van der Waals surface area contributed by atoms with Crippen LogP contribution in [0.1, 0.15) is 47.5 Å². The second-order valence-corrected chi connectivity index (χ2v) is 8.80. The summed E-state index contributed by atoms with van der Waals surface area (Å²) in [5.41, 5.74) is 0. The van der Waals surface area contributed by atoms with Crippen LogP contribution in [0.3, 0.4) is 0 Å². The minimum Gasteiger partial charge on any atom is -0.302 e. The molecule has 0 spiro atoms. The maximum Gasteiger partial charge on any atom is 0.0571 e. The van der Waals surface area contributed by atoms with Crippen molar-refractivity contribution in [3.8, 4) is 0 Å². The highest BCUT2D eigenvalue weighted by Gasteiger charge is 2.11. The smallest absolute Gasteiger partial charge is 0.0571 e. The maximum atomic E-state index is 3.49. The molecule has 0 aromatic carbocycles. The number of rotatable bonds is 8. The minimum absolute atomic E-state index is 0.123. The number of hydrogen-bond acceptors (Lipinski definition) is 2. The van der Waals surface area contributed by atoms with E-state index in [0.29, 0.717) is 11.2 Å². The van der Waals surface area contributed by atoms with Crippen LogP contribution in [0.25, 0.3) is 0 Å². The van der Waals surface area contributed by atoms with Gasteiger partial charge < -0.3 is 10.6 Å². The molecule has 0 saturated carbocycles. The van der Waals surface area contributed by atoms with E-state index in [9.17, 15) is 0 Å². The van der Waals surface area contributed by atoms with Gasteiger partial charge in [0, 0.05) is 9.52 Å². The second-order valence-electron chi connectivity index (χ2n) is 5.47. The van der Waals surface area contributed by atoms with Gasteiger partial charge in [-0.1, -0.05) is 47.1 Å². The van der Waals surface area contributed by atoms with Gasteiger partial charge in [-0.25, -0.2) is 0 Å². The molecule has 0 aromatic rings. The van der Waals surface area contributed by atoms with Crippen LogP contribution >= 0.6 is 0 Å². The second kappa shape index (κ2) is 8.31. The molecule has 0 aliphatic carbocycles. The van der Waals surface area contributed by atoms with Crippen LogP contribution in [0.4, 0.5) is 0 Å². The van der Waals surface area contributed by atoms with Crippen molar-refractivity contribution in [3.05, 3.63) is 0 Å². The van der Waals surface area contributed by atoms with Crippen molar-refractivity contribution in [3.63, 3.8) is 0 Å². The summed E-state index contributed by atoms with van der Waals surface area (Å²) < 4.78 is 0. The summed E-state index contributed by atoms with van der Waals surface area (Å²) in [5.74, 6) is 0. The van der Waals surface area contributed by atoms with Crippen molar-refractivity contribution < 1.29 is 0 Å². The van der Waals surface area contributed by atoms with E-state index < -0.39 is 0 Å². The van der Waals surface area contributed by atoms with Gasteiger partial charge in [-0.05, 0) is 24.5 Å². The third-order valence-corrected chi connectivity index (χ3v) is 4.92. The molecule has 0 aliphatic heterocycles. The summed E-state index contributed by atoms with van der Waals surface area (Å²) in [7, 11) is 0.123. The lowest BCUT2D eigenvalue weighted by atomic mass is 10.2. The molecular weight excluding hydrogens is 200 g/mol. The largest absolute Gasteiger partial charge is 0.302 e. The van der Waals surface area contributed by atoms with Crippen LogP contribution < -0.4 is 10.6 Å². The lowest BCUT2D eigenvalue weighted by molar-refractivity contribution is 0.414. The standard InChI is InChI=1S/C12H30N2Si/c1-6-13-11(14-7-2)9-8-10-15-12(3,4)5/h11,13-14H,6-10,15H2,1-5H3. The Morgan fingerprint density at radius 1 is 1.07 bits per heavy atom. The average molecular weight is 230 g/mol. The first kappa shape index (κ1) is 15.1. The molecule has 0 heterocycles. The van der Waals surface area contributed by atoms with Crippen LogP contribution in [-0.2, 0) is 0 Å². The van der Waals surface area contributed by atoms with E-state index in [4.69, 9.17) is 0 Å². The SMILES string of the molecule is CCNC(CCC[SiH2]C(C)(C)C)NCC. The first-order valence-electron chi connectivity index (χ1n) is 6.46. The Labute approximate surface area is 98.4 Å². The molecule has 0 radical (unpaired) electrons. The van der Waals surface area contributed by atoms with Crippen LogP contribution in [-0.4, -0.2) is 28.8 Å². The van der Waals surface area contributed by atoms with E-state index >= 15 is 0 Å². The normalized spacial score (nSPS) is 13.2. The fourth-order valence-electron chi connectivity index (χ4n) is 1.77. The van der Waals surface area contributed by atoms with Gasteiger partial charge in [0.05, 0.1) is 6.17 Å². The molecule has 2 nitrogen and oxygen atoms in total. The fourth-order valence-corrected chi connectivity index (χ4v) is 3.37. The number of hydrogen-bond donors (Lipinski definition) is 2. The summed E-state index contributed by atoms with van der Waals surface area (Å²) in [4.78, 5) is 0. The zero-order valence-corrected chi connectivity index (χ0v) is 12.7. The molecule has 0 fully saturated rings. The molecule has 0 bridgehead atoms. The zero-order chi connectivity index (χ0) is 11.7. The maximum absolute atomic E-state index is 3.49. The summed E-state index contributed by atoms with van der Waals surface area (Å²) in [6.07, 6.45) is 3.20. The number of nitrogens with one attached hydrogen (secondary N) is 2. The third-order valence-electron chi connectivity index (χ3n) is 2.57. The topological polar surface area (TPSA) is 24.1 Å². The summed E-state index contributed by atoms with van der Waals surface area (Å²) in [6, 6.07) is 1.48. The molecule has 0 aromatic heterocycles. The van der Waals surface area contributed by atoms with E-state index in [0.717, 1.165) is 13.1 Å². The highest BCUT2D eigenvalue weighted by atomic mass is 28.2. The van der Waals surface area contributed by atoms with Gasteiger partial charge in [-0.15, -0.1) is 0 Å². The molecule has 2 N–H and O–H groups in total. The van der Waals surface area contributed by atoms with Crippen LogP contribution in [0.2, 0.25) is 11.1 Å². The van der Waals surface area contributed by atoms with Gasteiger partial charge in [0.15, 0.2) is 0 Å². The quantitative estimate of drug-likeness (QED) is 0.379. The molecule has 92 valence electrons. The molecule has 0 atom stereocenters. The van der Waals surface area contributed by atoms with E-state index in [-0.39, 0.29) is 9.52 Å². The third kappa shape index (κ3) is 10.4. The van der Waals surface area contributed by atoms with Crippen molar-refractivity contribution in [2.75, 3.05) is 13.1 Å². The van der Waals surface area contributed by atoms with Gasteiger partial charge in [-0.2, -0.15) is 0 Å². The Morgan fingerprint density at radius 2 is 1.60 bits per heavy atom. The molecule has 0 unspecified atom stereocenters. The van der Waals surface area contributed by atoms with E-state index in [2.05, 4.69) is 45.3 Å². The monoisotopic (exact) mass is 230 g/mol. The van der Waals surface area contributed by atoms with Crippen molar-refractivity contribution in [1.29, 1.82) is 0 Å². The lowest BCUT2D eigenvalue weighted by Gasteiger charge is -2.20. The van der Waals surface area contributed by atoms with Gasteiger partial charge in [-0.3, -0.25) is 0 Å². The predicted molar refractivity (Wildman–Crippen MR) is 73.4 cm³/mol. The van der Waals surface area contributed by atoms with Crippen LogP contribution in [0.15, 0.2) is 0 Å². The van der Waals surface area contributed by atoms with Crippen molar-refractivity contribution in [1.82, 2.24) is 10.6 Å². The predicted octanol–water partition coefficient (Wildman–Crippen LogP) is 2.12. The molecular formula is C12H30N2Si. The fraction of sp³-hybridized carbons (Fsp3) is 1.00. The summed E-state index contributed by atoms with van der Waals surface area (Å²) in [6.45, 7) is 13.6. The Balaban J connectivity index is 3.52. The molecule has 0 amide bonds. The average Bonchev–Trinajstić information content (AvgIpc) is 2.11. The lowest BCUT2D eigenvalue weighted by Crippen LogP contribution is -2.42. The highest BCUT2D eigenvalue weighted by Crippen LogP contribution is 2.22. The Bertz CT molecular complexity index is 137. The highest BCUT2D eigenvalue weighted by molar-refractivity contribution is 6.39.